The average Bonchev–Trinajstić information content (AvgIpc) is 2.87. The lowest BCUT2D eigenvalue weighted by atomic mass is 10.1. The molecule has 4 nitrogen and oxygen atoms in total. The van der Waals surface area contributed by atoms with E-state index in [0.717, 1.165) is 11.2 Å². The molecule has 3 aromatic rings. The van der Waals surface area contributed by atoms with Crippen molar-refractivity contribution in [1.29, 1.82) is 0 Å². The zero-order valence-electron chi connectivity index (χ0n) is 10.4. The van der Waals surface area contributed by atoms with Crippen molar-refractivity contribution >= 4 is 11.6 Å². The van der Waals surface area contributed by atoms with Gasteiger partial charge in [-0.05, 0) is 12.1 Å². The third-order valence-electron chi connectivity index (χ3n) is 2.96. The van der Waals surface area contributed by atoms with Gasteiger partial charge in [-0.3, -0.25) is 4.40 Å². The molecule has 19 heavy (non-hydrogen) atoms. The summed E-state index contributed by atoms with van der Waals surface area (Å²) in [6.07, 6.45) is 1.81. The first kappa shape index (κ1) is 11.5. The predicted molar refractivity (Wildman–Crippen MR) is 72.0 cm³/mol. The maximum absolute atomic E-state index is 12.0. The number of fused-ring (bicyclic) bond motifs is 1. The molecule has 3 rings (SSSR count). The molecule has 0 spiro atoms. The predicted octanol–water partition coefficient (Wildman–Crippen LogP) is 2.79. The average molecular weight is 252 g/mol. The standard InChI is InChI=1S/C15H12N2O2/c1-19-15(18)14-13(11-7-3-2-4-8-11)16-12-9-5-6-10-17(12)14/h2-10H,1H3. The van der Waals surface area contributed by atoms with Crippen molar-refractivity contribution in [1.82, 2.24) is 9.38 Å². The second-order valence-corrected chi connectivity index (χ2v) is 4.10. The van der Waals surface area contributed by atoms with Crippen molar-refractivity contribution in [2.24, 2.45) is 0 Å². The van der Waals surface area contributed by atoms with E-state index in [9.17, 15) is 4.79 Å². The minimum absolute atomic E-state index is 0.391. The van der Waals surface area contributed by atoms with Crippen molar-refractivity contribution in [2.45, 2.75) is 0 Å². The van der Waals surface area contributed by atoms with Crippen LogP contribution in [0.5, 0.6) is 0 Å². The molecule has 0 unspecified atom stereocenters. The first-order chi connectivity index (χ1) is 9.31. The summed E-state index contributed by atoms with van der Waals surface area (Å²) in [6.45, 7) is 0. The quantitative estimate of drug-likeness (QED) is 0.659. The molecule has 0 aliphatic carbocycles. The van der Waals surface area contributed by atoms with E-state index in [4.69, 9.17) is 4.74 Å². The highest BCUT2D eigenvalue weighted by molar-refractivity contribution is 5.95. The van der Waals surface area contributed by atoms with Crippen LogP contribution in [-0.4, -0.2) is 22.5 Å². The monoisotopic (exact) mass is 252 g/mol. The fraction of sp³-hybridized carbons (Fsp3) is 0.0667. The number of carbonyl (C=O) groups excluding carboxylic acids is 1. The minimum atomic E-state index is -0.391. The molecule has 2 aromatic heterocycles. The molecule has 0 amide bonds. The summed E-state index contributed by atoms with van der Waals surface area (Å²) in [7, 11) is 1.37. The molecule has 0 saturated heterocycles. The molecule has 0 fully saturated rings. The molecule has 0 radical (unpaired) electrons. The van der Waals surface area contributed by atoms with E-state index in [2.05, 4.69) is 4.98 Å². The molecule has 2 heterocycles. The summed E-state index contributed by atoms with van der Waals surface area (Å²) in [6, 6.07) is 15.2. The second kappa shape index (κ2) is 4.57. The number of ether oxygens (including phenoxy) is 1. The van der Waals surface area contributed by atoms with Gasteiger partial charge in [0.1, 0.15) is 11.3 Å². The Labute approximate surface area is 110 Å². The Morgan fingerprint density at radius 1 is 1.11 bits per heavy atom. The number of benzene rings is 1. The number of pyridine rings is 1. The van der Waals surface area contributed by atoms with Crippen molar-refractivity contribution in [3.05, 3.63) is 60.4 Å². The maximum atomic E-state index is 12.0. The Morgan fingerprint density at radius 2 is 1.84 bits per heavy atom. The van der Waals surface area contributed by atoms with E-state index in [1.54, 1.807) is 10.6 Å². The van der Waals surface area contributed by atoms with E-state index in [1.165, 1.54) is 7.11 Å². The summed E-state index contributed by atoms with van der Waals surface area (Å²) in [4.78, 5) is 16.5. The van der Waals surface area contributed by atoms with Crippen LogP contribution in [0.4, 0.5) is 0 Å². The number of rotatable bonds is 2. The van der Waals surface area contributed by atoms with E-state index >= 15 is 0 Å². The summed E-state index contributed by atoms with van der Waals surface area (Å²) < 4.78 is 6.61. The highest BCUT2D eigenvalue weighted by atomic mass is 16.5. The van der Waals surface area contributed by atoms with Crippen molar-refractivity contribution in [3.63, 3.8) is 0 Å². The highest BCUT2D eigenvalue weighted by Gasteiger charge is 2.20. The fourth-order valence-electron chi connectivity index (χ4n) is 2.08. The first-order valence-electron chi connectivity index (χ1n) is 5.92. The van der Waals surface area contributed by atoms with Gasteiger partial charge >= 0.3 is 5.97 Å². The molecule has 0 aliphatic rings. The summed E-state index contributed by atoms with van der Waals surface area (Å²) >= 11 is 0. The van der Waals surface area contributed by atoms with Crippen LogP contribution in [0.1, 0.15) is 10.5 Å². The molecular formula is C15H12N2O2. The van der Waals surface area contributed by atoms with Gasteiger partial charge < -0.3 is 4.74 Å². The van der Waals surface area contributed by atoms with Gasteiger partial charge in [-0.25, -0.2) is 9.78 Å². The Morgan fingerprint density at radius 3 is 2.58 bits per heavy atom. The molecule has 0 saturated carbocycles. The van der Waals surface area contributed by atoms with Crippen LogP contribution >= 0.6 is 0 Å². The molecule has 0 atom stereocenters. The van der Waals surface area contributed by atoms with Gasteiger partial charge in [-0.15, -0.1) is 0 Å². The zero-order valence-corrected chi connectivity index (χ0v) is 10.4. The van der Waals surface area contributed by atoms with Crippen LogP contribution in [0.2, 0.25) is 0 Å². The topological polar surface area (TPSA) is 43.6 Å². The Balaban J connectivity index is 2.32. The van der Waals surface area contributed by atoms with Crippen LogP contribution in [0.25, 0.3) is 16.9 Å². The lowest BCUT2D eigenvalue weighted by Gasteiger charge is -2.02. The third-order valence-corrected chi connectivity index (χ3v) is 2.96. The van der Waals surface area contributed by atoms with Gasteiger partial charge in [-0.1, -0.05) is 36.4 Å². The first-order valence-corrected chi connectivity index (χ1v) is 5.92. The molecular weight excluding hydrogens is 240 g/mol. The third kappa shape index (κ3) is 1.87. The van der Waals surface area contributed by atoms with Crippen LogP contribution in [0.15, 0.2) is 54.7 Å². The van der Waals surface area contributed by atoms with Gasteiger partial charge in [0.2, 0.25) is 0 Å². The SMILES string of the molecule is COC(=O)c1c(-c2ccccc2)nc2ccccn12. The molecule has 0 N–H and O–H groups in total. The smallest absolute Gasteiger partial charge is 0.357 e. The fourth-order valence-corrected chi connectivity index (χ4v) is 2.08. The molecule has 0 aliphatic heterocycles. The van der Waals surface area contributed by atoms with Crippen molar-refractivity contribution < 1.29 is 9.53 Å². The highest BCUT2D eigenvalue weighted by Crippen LogP contribution is 2.24. The number of hydrogen-bond donors (Lipinski definition) is 0. The van der Waals surface area contributed by atoms with Crippen LogP contribution < -0.4 is 0 Å². The number of hydrogen-bond acceptors (Lipinski definition) is 3. The summed E-state index contributed by atoms with van der Waals surface area (Å²) in [5.74, 6) is -0.391. The summed E-state index contributed by atoms with van der Waals surface area (Å²) in [5.41, 5.74) is 2.70. The van der Waals surface area contributed by atoms with E-state index < -0.39 is 5.97 Å². The van der Waals surface area contributed by atoms with Crippen LogP contribution in [0, 0.1) is 0 Å². The van der Waals surface area contributed by atoms with Gasteiger partial charge in [0.25, 0.3) is 0 Å². The van der Waals surface area contributed by atoms with Crippen LogP contribution in [0.3, 0.4) is 0 Å². The summed E-state index contributed by atoms with van der Waals surface area (Å²) in [5, 5.41) is 0. The molecule has 1 aromatic carbocycles. The van der Waals surface area contributed by atoms with Gasteiger partial charge in [0, 0.05) is 11.8 Å². The lowest BCUT2D eigenvalue weighted by molar-refractivity contribution is 0.0594. The lowest BCUT2D eigenvalue weighted by Crippen LogP contribution is -2.06. The normalized spacial score (nSPS) is 10.6. The molecule has 0 bridgehead atoms. The minimum Gasteiger partial charge on any atom is -0.464 e. The molecule has 94 valence electrons. The second-order valence-electron chi connectivity index (χ2n) is 4.10. The van der Waals surface area contributed by atoms with Crippen molar-refractivity contribution in [3.8, 4) is 11.3 Å². The number of carbonyl (C=O) groups is 1. The largest absolute Gasteiger partial charge is 0.464 e. The number of methoxy groups -OCH3 is 1. The number of esters is 1. The van der Waals surface area contributed by atoms with E-state index in [0.29, 0.717) is 11.4 Å². The van der Waals surface area contributed by atoms with Gasteiger partial charge in [0.15, 0.2) is 5.69 Å². The number of aromatic nitrogens is 2. The van der Waals surface area contributed by atoms with E-state index in [-0.39, 0.29) is 0 Å². The van der Waals surface area contributed by atoms with Crippen LogP contribution in [-0.2, 0) is 4.74 Å². The van der Waals surface area contributed by atoms with Gasteiger partial charge in [0.05, 0.1) is 7.11 Å². The van der Waals surface area contributed by atoms with Crippen molar-refractivity contribution in [2.75, 3.05) is 7.11 Å². The van der Waals surface area contributed by atoms with E-state index in [1.807, 2.05) is 48.5 Å². The maximum Gasteiger partial charge on any atom is 0.357 e. The number of nitrogens with zero attached hydrogens (tertiary/aromatic N) is 2. The Bertz CT molecular complexity index is 732. The Kier molecular flexibility index (Phi) is 2.76. The molecule has 4 heteroatoms. The van der Waals surface area contributed by atoms with Gasteiger partial charge in [-0.2, -0.15) is 0 Å². The zero-order chi connectivity index (χ0) is 13.2. The number of imidazole rings is 1. The Hall–Kier alpha value is -2.62.